The van der Waals surface area contributed by atoms with Crippen LogP contribution < -0.4 is 27.0 Å². The van der Waals surface area contributed by atoms with Crippen molar-refractivity contribution in [1.29, 1.82) is 0 Å². The van der Waals surface area contributed by atoms with Crippen LogP contribution in [0.4, 0.5) is 5.69 Å². The molecular weight excluding hydrogens is 741 g/mol. The Morgan fingerprint density at radius 3 is 2.29 bits per heavy atom. The third-order valence-corrected chi connectivity index (χ3v) is 11.1. The average molecular weight is 797 g/mol. The summed E-state index contributed by atoms with van der Waals surface area (Å²) >= 11 is 2.73. The van der Waals surface area contributed by atoms with Gasteiger partial charge in [0.1, 0.15) is 22.1 Å². The van der Waals surface area contributed by atoms with E-state index in [0.29, 0.717) is 78.7 Å². The maximum Gasteiger partial charge on any atom is 0.329 e. The third-order valence-electron chi connectivity index (χ3n) is 8.90. The molecule has 300 valence electrons. The molecule has 1 aliphatic rings. The number of fused-ring (bicyclic) bond motifs is 1. The van der Waals surface area contributed by atoms with Crippen LogP contribution in [-0.4, -0.2) is 108 Å². The lowest BCUT2D eigenvalue weighted by molar-refractivity contribution is -0.137. The Kier molecular flexibility index (Phi) is 18.0. The number of carboxylic acid groups (broad SMARTS) is 1. The topological polar surface area (TPSA) is 200 Å². The normalized spacial score (nSPS) is 15.8. The summed E-state index contributed by atoms with van der Waals surface area (Å²) < 4.78 is 6.61. The smallest absolute Gasteiger partial charge is 0.329 e. The molecule has 4 rings (SSSR count). The molecular formula is C39H56N8O6S2. The van der Waals surface area contributed by atoms with Gasteiger partial charge in [-0.2, -0.15) is 0 Å². The predicted molar refractivity (Wildman–Crippen MR) is 220 cm³/mol. The Labute approximate surface area is 331 Å². The van der Waals surface area contributed by atoms with E-state index in [9.17, 15) is 24.3 Å². The molecule has 0 radical (unpaired) electrons. The third kappa shape index (κ3) is 14.6. The molecule has 0 bridgehead atoms. The van der Waals surface area contributed by atoms with Crippen LogP contribution in [0.3, 0.4) is 0 Å². The van der Waals surface area contributed by atoms with Gasteiger partial charge >= 0.3 is 5.97 Å². The molecule has 55 heavy (non-hydrogen) atoms. The number of anilines is 1. The summed E-state index contributed by atoms with van der Waals surface area (Å²) in [6.45, 7) is 5.92. The molecule has 0 saturated heterocycles. The second kappa shape index (κ2) is 22.6. The molecule has 0 saturated carbocycles. The number of unbranched alkanes of at least 4 members (excludes halogenated alkanes) is 2. The molecule has 3 aromatic rings. The van der Waals surface area contributed by atoms with Gasteiger partial charge in [-0.25, -0.2) is 9.78 Å². The van der Waals surface area contributed by atoms with Crippen LogP contribution in [0.1, 0.15) is 69.4 Å². The van der Waals surface area contributed by atoms with E-state index in [1.54, 1.807) is 18.2 Å². The van der Waals surface area contributed by atoms with Crippen molar-refractivity contribution in [2.24, 2.45) is 16.6 Å². The second-order valence-electron chi connectivity index (χ2n) is 14.4. The summed E-state index contributed by atoms with van der Waals surface area (Å²) in [5.41, 5.74) is 8.03. The van der Waals surface area contributed by atoms with Gasteiger partial charge < -0.3 is 36.4 Å². The van der Waals surface area contributed by atoms with E-state index in [2.05, 4.69) is 36.1 Å². The van der Waals surface area contributed by atoms with Crippen LogP contribution >= 0.6 is 23.1 Å². The highest BCUT2D eigenvalue weighted by Crippen LogP contribution is 2.31. The molecule has 2 aromatic carbocycles. The molecule has 0 spiro atoms. The van der Waals surface area contributed by atoms with Crippen LogP contribution in [-0.2, 0) is 30.5 Å². The highest BCUT2D eigenvalue weighted by molar-refractivity contribution is 8.15. The van der Waals surface area contributed by atoms with Gasteiger partial charge in [-0.1, -0.05) is 44.2 Å². The molecule has 2 heterocycles. The minimum atomic E-state index is -0.965. The molecule has 3 amide bonds. The number of ether oxygens (including phenoxy) is 1. The molecule has 0 aliphatic carbocycles. The summed E-state index contributed by atoms with van der Waals surface area (Å²) in [6, 6.07) is 12.0. The minimum absolute atomic E-state index is 0.163. The van der Waals surface area contributed by atoms with E-state index in [4.69, 9.17) is 10.5 Å². The van der Waals surface area contributed by atoms with E-state index in [1.165, 1.54) is 23.1 Å². The number of carboxylic acids is 1. The highest BCUT2D eigenvalue weighted by Gasteiger charge is 2.30. The van der Waals surface area contributed by atoms with Crippen molar-refractivity contribution in [1.82, 2.24) is 25.8 Å². The summed E-state index contributed by atoms with van der Waals surface area (Å²) in [6.07, 6.45) is 4.14. The van der Waals surface area contributed by atoms with Gasteiger partial charge in [0.25, 0.3) is 0 Å². The number of hydrogen-bond donors (Lipinski definition) is 6. The Morgan fingerprint density at radius 2 is 1.64 bits per heavy atom. The monoisotopic (exact) mass is 796 g/mol. The Balaban J connectivity index is 1.45. The summed E-state index contributed by atoms with van der Waals surface area (Å²) in [4.78, 5) is 63.9. The van der Waals surface area contributed by atoms with Crippen molar-refractivity contribution >= 4 is 67.7 Å². The number of aromatic nitrogens is 1. The lowest BCUT2D eigenvalue weighted by Crippen LogP contribution is -2.56. The summed E-state index contributed by atoms with van der Waals surface area (Å²) in [5, 5.41) is 22.7. The quantitative estimate of drug-likeness (QED) is 0.0561. The zero-order valence-electron chi connectivity index (χ0n) is 32.2. The zero-order chi connectivity index (χ0) is 39.7. The summed E-state index contributed by atoms with van der Waals surface area (Å²) in [5.74, 6) is -1.51. The largest absolute Gasteiger partial charge is 0.480 e. The van der Waals surface area contributed by atoms with E-state index < -0.39 is 36.0 Å². The second-order valence-corrected chi connectivity index (χ2v) is 16.4. The zero-order valence-corrected chi connectivity index (χ0v) is 33.8. The molecule has 7 N–H and O–H groups in total. The number of aliphatic imine (C=N–C) groups is 1. The van der Waals surface area contributed by atoms with Crippen molar-refractivity contribution in [3.8, 4) is 0 Å². The first-order valence-corrected chi connectivity index (χ1v) is 20.7. The molecule has 16 heteroatoms. The number of thioether (sulfide) groups is 1. The van der Waals surface area contributed by atoms with E-state index in [0.717, 1.165) is 23.2 Å². The number of carbonyl (C=O) groups excluding carboxylic acids is 3. The van der Waals surface area contributed by atoms with Crippen molar-refractivity contribution in [2.45, 2.75) is 89.6 Å². The number of nitrogens with zero attached hydrogens (tertiary/aromatic N) is 3. The molecule has 0 fully saturated rings. The Morgan fingerprint density at radius 1 is 0.945 bits per heavy atom. The van der Waals surface area contributed by atoms with Gasteiger partial charge in [-0.3, -0.25) is 24.7 Å². The molecule has 1 aliphatic heterocycles. The first kappa shape index (κ1) is 43.8. The number of nitrogens with two attached hydrogens (primary N) is 1. The SMILES string of the molecule is CC(C)CC(NCOCc1ccccc1)C(=O)NC(CCCCN(C)C)C(=O)NC(CCCCN)C(=O)Nc1ccc2nc(C3=NC(C(=O)O)CS3)sc2c1. The molecule has 1 aromatic heterocycles. The number of hydrogen-bond acceptors (Lipinski definition) is 12. The van der Waals surface area contributed by atoms with Crippen molar-refractivity contribution in [3.63, 3.8) is 0 Å². The fraction of sp³-hybridized carbons (Fsp3) is 0.538. The van der Waals surface area contributed by atoms with E-state index >= 15 is 0 Å². The van der Waals surface area contributed by atoms with E-state index in [-0.39, 0.29) is 24.5 Å². The summed E-state index contributed by atoms with van der Waals surface area (Å²) in [7, 11) is 3.98. The highest BCUT2D eigenvalue weighted by atomic mass is 32.2. The van der Waals surface area contributed by atoms with Crippen LogP contribution in [0.15, 0.2) is 53.5 Å². The van der Waals surface area contributed by atoms with Gasteiger partial charge in [0.2, 0.25) is 17.7 Å². The minimum Gasteiger partial charge on any atom is -0.480 e. The number of rotatable bonds is 24. The number of benzene rings is 2. The number of thiazole rings is 1. The number of aliphatic carboxylic acids is 1. The number of nitrogens with one attached hydrogen (secondary N) is 4. The van der Waals surface area contributed by atoms with Crippen LogP contribution in [0, 0.1) is 5.92 Å². The van der Waals surface area contributed by atoms with Crippen LogP contribution in [0.25, 0.3) is 10.2 Å². The lowest BCUT2D eigenvalue weighted by Gasteiger charge is -2.26. The first-order chi connectivity index (χ1) is 26.4. The van der Waals surface area contributed by atoms with Gasteiger partial charge in [-0.05, 0) is 102 Å². The average Bonchev–Trinajstić information content (AvgIpc) is 3.82. The van der Waals surface area contributed by atoms with Crippen molar-refractivity contribution in [3.05, 3.63) is 59.1 Å². The Hall–Kier alpha value is -3.93. The maximum absolute atomic E-state index is 14.0. The lowest BCUT2D eigenvalue weighted by atomic mass is 10.0. The first-order valence-electron chi connectivity index (χ1n) is 18.9. The Bertz CT molecular complexity index is 1740. The number of carbonyl (C=O) groups is 4. The molecule has 4 unspecified atom stereocenters. The van der Waals surface area contributed by atoms with Gasteiger partial charge in [0, 0.05) is 11.4 Å². The van der Waals surface area contributed by atoms with E-state index in [1.807, 2.05) is 58.3 Å². The standard InChI is InChI=1S/C39H56N8O6S2/c1-25(2)20-31(41-24-53-22-26-12-6-5-7-13-26)36(50)44-30(15-9-11-19-47(3)4)35(49)43-29(14-8-10-18-40)34(48)42-27-16-17-28-33(21-27)55-38(45-28)37-46-32(23-54-37)39(51)52/h5-7,12-13,16-17,21,25,29-32,41H,8-11,14-15,18-20,22-24,40H2,1-4H3,(H,42,48)(H,43,49)(H,44,50)(H,51,52). The van der Waals surface area contributed by atoms with Crippen molar-refractivity contribution < 1.29 is 29.0 Å². The molecule has 14 nitrogen and oxygen atoms in total. The van der Waals surface area contributed by atoms with Crippen molar-refractivity contribution in [2.75, 3.05) is 45.0 Å². The fourth-order valence-electron chi connectivity index (χ4n) is 5.95. The van der Waals surface area contributed by atoms with Gasteiger partial charge in [-0.15, -0.1) is 23.1 Å². The van der Waals surface area contributed by atoms with Gasteiger partial charge in [0.05, 0.1) is 29.6 Å². The van der Waals surface area contributed by atoms with Crippen LogP contribution in [0.5, 0.6) is 0 Å². The number of amides is 3. The van der Waals surface area contributed by atoms with Gasteiger partial charge in [0.15, 0.2) is 6.04 Å². The fourth-order valence-corrected chi connectivity index (χ4v) is 8.05. The predicted octanol–water partition coefficient (Wildman–Crippen LogP) is 4.19. The maximum atomic E-state index is 14.0. The van der Waals surface area contributed by atoms with Crippen LogP contribution in [0.2, 0.25) is 0 Å². The molecule has 4 atom stereocenters.